The van der Waals surface area contributed by atoms with E-state index in [0.29, 0.717) is 17.4 Å². The summed E-state index contributed by atoms with van der Waals surface area (Å²) >= 11 is 1.30. The first-order valence-electron chi connectivity index (χ1n) is 7.28. The van der Waals surface area contributed by atoms with E-state index >= 15 is 0 Å². The fourth-order valence-electron chi connectivity index (χ4n) is 2.27. The van der Waals surface area contributed by atoms with Crippen molar-refractivity contribution in [2.75, 3.05) is 0 Å². The fraction of sp³-hybridized carbons (Fsp3) is 0.176. The third kappa shape index (κ3) is 3.80. The van der Waals surface area contributed by atoms with Gasteiger partial charge in [0.2, 0.25) is 0 Å². The zero-order valence-corrected chi connectivity index (χ0v) is 13.5. The summed E-state index contributed by atoms with van der Waals surface area (Å²) in [6.45, 7) is 0.374. The molecule has 2 aromatic heterocycles. The van der Waals surface area contributed by atoms with Gasteiger partial charge in [-0.2, -0.15) is 0 Å². The molecule has 4 nitrogen and oxygen atoms in total. The number of nitrogens with zero attached hydrogens (tertiary/aromatic N) is 3. The van der Waals surface area contributed by atoms with Crippen molar-refractivity contribution in [1.29, 1.82) is 0 Å². The van der Waals surface area contributed by atoms with Crippen LogP contribution in [0.25, 0.3) is 0 Å². The lowest BCUT2D eigenvalue weighted by molar-refractivity contribution is 0.270. The molecule has 0 unspecified atom stereocenters. The summed E-state index contributed by atoms with van der Waals surface area (Å²) in [5.41, 5.74) is 1.95. The summed E-state index contributed by atoms with van der Waals surface area (Å²) in [6.07, 6.45) is 4.98. The van der Waals surface area contributed by atoms with Gasteiger partial charge in [-0.05, 0) is 35.9 Å². The Hall–Kier alpha value is -2.25. The fourth-order valence-corrected chi connectivity index (χ4v) is 3.24. The summed E-state index contributed by atoms with van der Waals surface area (Å²) in [5, 5.41) is 10.1. The van der Waals surface area contributed by atoms with Crippen LogP contribution in [-0.2, 0) is 18.9 Å². The molecule has 24 heavy (non-hydrogen) atoms. The molecule has 0 spiro atoms. The monoisotopic (exact) mass is 347 g/mol. The zero-order valence-electron chi connectivity index (χ0n) is 12.7. The maximum atomic E-state index is 13.7. The molecule has 0 aliphatic rings. The van der Waals surface area contributed by atoms with Gasteiger partial charge in [-0.15, -0.1) is 0 Å². The largest absolute Gasteiger partial charge is 0.390 e. The molecule has 0 atom stereocenters. The van der Waals surface area contributed by atoms with Gasteiger partial charge in [-0.25, -0.2) is 13.8 Å². The van der Waals surface area contributed by atoms with Crippen LogP contribution in [0.15, 0.2) is 54.1 Å². The highest BCUT2D eigenvalue weighted by atomic mass is 32.2. The van der Waals surface area contributed by atoms with Crippen LogP contribution in [-0.4, -0.2) is 19.6 Å². The number of aromatic nitrogens is 3. The van der Waals surface area contributed by atoms with Gasteiger partial charge in [0.25, 0.3) is 0 Å². The van der Waals surface area contributed by atoms with Crippen molar-refractivity contribution in [3.8, 4) is 0 Å². The second-order valence-electron chi connectivity index (χ2n) is 5.16. The van der Waals surface area contributed by atoms with E-state index in [1.54, 1.807) is 18.6 Å². The van der Waals surface area contributed by atoms with Crippen LogP contribution >= 0.6 is 11.8 Å². The number of imidazole rings is 1. The Kier molecular flexibility index (Phi) is 5.22. The average Bonchev–Trinajstić information content (AvgIpc) is 2.98. The number of rotatable bonds is 6. The standard InChI is InChI=1S/C17H15F2N3OS/c18-14-1-2-16(19)13(7-14)11-24-17-21-8-15(10-23)22(17)9-12-3-5-20-6-4-12/h1-8,23H,9-11H2. The van der Waals surface area contributed by atoms with Gasteiger partial charge in [0.15, 0.2) is 5.16 Å². The third-order valence-electron chi connectivity index (χ3n) is 3.52. The quantitative estimate of drug-likeness (QED) is 0.695. The predicted molar refractivity (Wildman–Crippen MR) is 87.4 cm³/mol. The first-order chi connectivity index (χ1) is 11.7. The summed E-state index contributed by atoms with van der Waals surface area (Å²) in [5.74, 6) is -0.663. The molecular weight excluding hydrogens is 332 g/mol. The Morgan fingerprint density at radius 1 is 1.12 bits per heavy atom. The van der Waals surface area contributed by atoms with Crippen LogP contribution in [0.1, 0.15) is 16.8 Å². The highest BCUT2D eigenvalue weighted by Gasteiger charge is 2.12. The maximum absolute atomic E-state index is 13.7. The van der Waals surface area contributed by atoms with Gasteiger partial charge < -0.3 is 9.67 Å². The van der Waals surface area contributed by atoms with Crippen molar-refractivity contribution in [2.24, 2.45) is 0 Å². The normalized spacial score (nSPS) is 11.0. The molecule has 3 rings (SSSR count). The van der Waals surface area contributed by atoms with Gasteiger partial charge in [0, 0.05) is 23.7 Å². The summed E-state index contributed by atoms with van der Waals surface area (Å²) < 4.78 is 28.9. The van der Waals surface area contributed by atoms with E-state index < -0.39 is 11.6 Å². The van der Waals surface area contributed by atoms with Gasteiger partial charge in [0.05, 0.1) is 25.0 Å². The number of aliphatic hydroxyl groups is 1. The molecular formula is C17H15F2N3OS. The molecule has 0 saturated carbocycles. The molecule has 0 amide bonds. The molecule has 0 saturated heterocycles. The van der Waals surface area contributed by atoms with Crippen molar-refractivity contribution in [1.82, 2.24) is 14.5 Å². The van der Waals surface area contributed by atoms with Crippen LogP contribution < -0.4 is 0 Å². The van der Waals surface area contributed by atoms with Gasteiger partial charge in [-0.3, -0.25) is 4.98 Å². The lowest BCUT2D eigenvalue weighted by atomic mass is 10.2. The number of halogens is 2. The molecule has 0 aliphatic heterocycles. The SMILES string of the molecule is OCc1cnc(SCc2cc(F)ccc2F)n1Cc1ccncc1. The Bertz CT molecular complexity index is 824. The molecule has 0 aliphatic carbocycles. The first-order valence-corrected chi connectivity index (χ1v) is 8.27. The maximum Gasteiger partial charge on any atom is 0.168 e. The van der Waals surface area contributed by atoms with Crippen molar-refractivity contribution in [2.45, 2.75) is 24.1 Å². The second-order valence-corrected chi connectivity index (χ2v) is 6.10. The molecule has 0 bridgehead atoms. The molecule has 3 aromatic rings. The molecule has 0 fully saturated rings. The van der Waals surface area contributed by atoms with E-state index in [1.807, 2.05) is 16.7 Å². The minimum atomic E-state index is -0.469. The lowest BCUT2D eigenvalue weighted by Crippen LogP contribution is -2.06. The van der Waals surface area contributed by atoms with E-state index in [4.69, 9.17) is 0 Å². The Morgan fingerprint density at radius 2 is 1.92 bits per heavy atom. The molecule has 0 radical (unpaired) electrons. The highest BCUT2D eigenvalue weighted by Crippen LogP contribution is 2.25. The number of benzene rings is 1. The zero-order chi connectivity index (χ0) is 16.9. The van der Waals surface area contributed by atoms with Crippen LogP contribution in [0.3, 0.4) is 0 Å². The van der Waals surface area contributed by atoms with Crippen LogP contribution in [0.5, 0.6) is 0 Å². The van der Waals surface area contributed by atoms with Crippen molar-refractivity contribution in [3.63, 3.8) is 0 Å². The van der Waals surface area contributed by atoms with Crippen molar-refractivity contribution >= 4 is 11.8 Å². The Morgan fingerprint density at radius 3 is 2.67 bits per heavy atom. The molecule has 1 aromatic carbocycles. The number of thioether (sulfide) groups is 1. The molecule has 7 heteroatoms. The number of aliphatic hydroxyl groups excluding tert-OH is 1. The van der Waals surface area contributed by atoms with Gasteiger partial charge in [0.1, 0.15) is 11.6 Å². The predicted octanol–water partition coefficient (Wildman–Crippen LogP) is 3.39. The Labute approximate surface area is 142 Å². The highest BCUT2D eigenvalue weighted by molar-refractivity contribution is 7.98. The second kappa shape index (κ2) is 7.55. The van der Waals surface area contributed by atoms with E-state index in [0.717, 1.165) is 17.7 Å². The lowest BCUT2D eigenvalue weighted by Gasteiger charge is -2.11. The molecule has 124 valence electrons. The molecule has 2 heterocycles. The van der Waals surface area contributed by atoms with Gasteiger partial charge >= 0.3 is 0 Å². The van der Waals surface area contributed by atoms with E-state index in [9.17, 15) is 13.9 Å². The Balaban J connectivity index is 1.81. The molecule has 1 N–H and O–H groups in total. The van der Waals surface area contributed by atoms with Crippen molar-refractivity contribution < 1.29 is 13.9 Å². The average molecular weight is 347 g/mol. The van der Waals surface area contributed by atoms with Crippen LogP contribution in [0, 0.1) is 11.6 Å². The summed E-state index contributed by atoms with van der Waals surface area (Å²) in [6, 6.07) is 7.15. The van der Waals surface area contributed by atoms with Crippen LogP contribution in [0.4, 0.5) is 8.78 Å². The van der Waals surface area contributed by atoms with Crippen molar-refractivity contribution in [3.05, 3.63) is 77.4 Å². The number of hydrogen-bond donors (Lipinski definition) is 1. The summed E-state index contributed by atoms with van der Waals surface area (Å²) in [4.78, 5) is 8.26. The smallest absolute Gasteiger partial charge is 0.168 e. The van der Waals surface area contributed by atoms with Crippen LogP contribution in [0.2, 0.25) is 0 Å². The summed E-state index contributed by atoms with van der Waals surface area (Å²) in [7, 11) is 0. The van der Waals surface area contributed by atoms with E-state index in [2.05, 4.69) is 9.97 Å². The minimum absolute atomic E-state index is 0.146. The number of pyridine rings is 1. The van der Waals surface area contributed by atoms with E-state index in [1.165, 1.54) is 17.8 Å². The number of hydrogen-bond acceptors (Lipinski definition) is 4. The first kappa shape index (κ1) is 16.6. The van der Waals surface area contributed by atoms with Gasteiger partial charge in [-0.1, -0.05) is 11.8 Å². The minimum Gasteiger partial charge on any atom is -0.390 e. The third-order valence-corrected chi connectivity index (χ3v) is 4.56. The van der Waals surface area contributed by atoms with E-state index in [-0.39, 0.29) is 17.9 Å². The topological polar surface area (TPSA) is 50.9 Å².